The number of amides is 2. The maximum atomic E-state index is 12.5. The number of carbonyl (C=O) groups is 2. The number of benzene rings is 2. The lowest BCUT2D eigenvalue weighted by Crippen LogP contribution is -2.23. The minimum absolute atomic E-state index is 0.0296. The van der Waals surface area contributed by atoms with Crippen molar-refractivity contribution in [2.75, 3.05) is 0 Å². The summed E-state index contributed by atoms with van der Waals surface area (Å²) < 4.78 is 0. The van der Waals surface area contributed by atoms with Crippen molar-refractivity contribution in [1.29, 1.82) is 0 Å². The number of carbonyl (C=O) groups excluding carboxylic acids is 2. The number of phenolic OH excluding ortho intramolecular Hbond substituents is 2. The molecule has 1 aromatic heterocycles. The summed E-state index contributed by atoms with van der Waals surface area (Å²) in [7, 11) is 0. The molecule has 9 nitrogen and oxygen atoms in total. The number of pyridine rings is 1. The molecule has 0 aliphatic rings. The van der Waals surface area contributed by atoms with Crippen molar-refractivity contribution in [3.8, 4) is 11.5 Å². The Hall–Kier alpha value is -4.53. The molecule has 3 rings (SSSR count). The van der Waals surface area contributed by atoms with E-state index in [0.29, 0.717) is 22.5 Å². The van der Waals surface area contributed by atoms with Crippen LogP contribution in [0.5, 0.6) is 11.5 Å². The van der Waals surface area contributed by atoms with E-state index in [1.165, 1.54) is 30.6 Å². The molecule has 162 valence electrons. The third-order valence-corrected chi connectivity index (χ3v) is 4.51. The maximum Gasteiger partial charge on any atom is 0.273 e. The summed E-state index contributed by atoms with van der Waals surface area (Å²) in [6, 6.07) is 14.5. The fourth-order valence-electron chi connectivity index (χ4n) is 2.82. The first-order valence-corrected chi connectivity index (χ1v) is 9.58. The first kappa shape index (κ1) is 22.2. The Balaban J connectivity index is 1.73. The second-order valence-electron chi connectivity index (χ2n) is 6.77. The standard InChI is InChI=1S/C23H21N5O4/c1-14-18(22(31)27-24-12-16-7-3-5-9-20(16)29)11-19(15(2)26-14)23(32)28-25-13-17-8-4-6-10-21(17)30/h3-13,29-30H,1-2H3,(H,27,31)(H,28,32)/b24-12-,25-13-. The summed E-state index contributed by atoms with van der Waals surface area (Å²) in [5, 5.41) is 27.2. The smallest absolute Gasteiger partial charge is 0.273 e. The number of aryl methyl sites for hydroxylation is 2. The van der Waals surface area contributed by atoms with Gasteiger partial charge in [0.15, 0.2) is 0 Å². The number of aromatic hydroxyl groups is 2. The molecule has 2 amide bonds. The Morgan fingerprint density at radius 3 is 1.59 bits per heavy atom. The van der Waals surface area contributed by atoms with Crippen LogP contribution < -0.4 is 10.9 Å². The maximum absolute atomic E-state index is 12.5. The molecule has 3 aromatic rings. The Kier molecular flexibility index (Phi) is 6.92. The first-order valence-electron chi connectivity index (χ1n) is 9.58. The summed E-state index contributed by atoms with van der Waals surface area (Å²) in [6.45, 7) is 3.29. The molecule has 4 N–H and O–H groups in total. The zero-order valence-corrected chi connectivity index (χ0v) is 17.4. The molecule has 0 aliphatic heterocycles. The first-order chi connectivity index (χ1) is 15.4. The van der Waals surface area contributed by atoms with Crippen molar-refractivity contribution in [3.63, 3.8) is 0 Å². The number of hydrogen-bond donors (Lipinski definition) is 4. The van der Waals surface area contributed by atoms with Crippen LogP contribution in [0.4, 0.5) is 0 Å². The van der Waals surface area contributed by atoms with Crippen LogP contribution in [-0.2, 0) is 0 Å². The largest absolute Gasteiger partial charge is 0.507 e. The molecule has 0 saturated heterocycles. The number of para-hydroxylation sites is 2. The van der Waals surface area contributed by atoms with Gasteiger partial charge in [-0.15, -0.1) is 0 Å². The van der Waals surface area contributed by atoms with Crippen LogP contribution in [0.2, 0.25) is 0 Å². The molecule has 0 atom stereocenters. The highest BCUT2D eigenvalue weighted by Gasteiger charge is 2.17. The highest BCUT2D eigenvalue weighted by atomic mass is 16.3. The van der Waals surface area contributed by atoms with Gasteiger partial charge in [-0.05, 0) is 44.2 Å². The van der Waals surface area contributed by atoms with Gasteiger partial charge in [0, 0.05) is 11.1 Å². The SMILES string of the molecule is Cc1nc(C)c(C(=O)N/N=C\c2ccccc2O)cc1C(=O)N/N=C\c1ccccc1O. The molecular formula is C23H21N5O4. The topological polar surface area (TPSA) is 136 Å². The van der Waals surface area contributed by atoms with Gasteiger partial charge >= 0.3 is 0 Å². The highest BCUT2D eigenvalue weighted by Crippen LogP contribution is 2.15. The molecule has 0 unspecified atom stereocenters. The molecule has 0 bridgehead atoms. The van der Waals surface area contributed by atoms with Gasteiger partial charge in [-0.3, -0.25) is 14.6 Å². The van der Waals surface area contributed by atoms with Crippen LogP contribution in [0.15, 0.2) is 64.8 Å². The zero-order valence-electron chi connectivity index (χ0n) is 17.4. The lowest BCUT2D eigenvalue weighted by atomic mass is 10.1. The average molecular weight is 431 g/mol. The minimum atomic E-state index is -0.562. The quantitative estimate of drug-likeness (QED) is 0.351. The summed E-state index contributed by atoms with van der Waals surface area (Å²) in [5.74, 6) is -1.06. The van der Waals surface area contributed by atoms with E-state index in [4.69, 9.17) is 0 Å². The summed E-state index contributed by atoms with van der Waals surface area (Å²) in [4.78, 5) is 29.4. The predicted octanol–water partition coefficient (Wildman–Crippen LogP) is 2.64. The Labute approximate surface area is 184 Å². The number of hydrogen-bond acceptors (Lipinski definition) is 7. The van der Waals surface area contributed by atoms with Crippen LogP contribution in [0.25, 0.3) is 0 Å². The fourth-order valence-corrected chi connectivity index (χ4v) is 2.82. The van der Waals surface area contributed by atoms with Gasteiger partial charge in [0.25, 0.3) is 11.8 Å². The van der Waals surface area contributed by atoms with Crippen LogP contribution in [0.3, 0.4) is 0 Å². The number of nitrogens with one attached hydrogen (secondary N) is 2. The molecule has 0 radical (unpaired) electrons. The van der Waals surface area contributed by atoms with E-state index in [-0.39, 0.29) is 22.6 Å². The molecule has 0 spiro atoms. The number of nitrogens with zero attached hydrogens (tertiary/aromatic N) is 3. The minimum Gasteiger partial charge on any atom is -0.507 e. The molecule has 32 heavy (non-hydrogen) atoms. The average Bonchev–Trinajstić information content (AvgIpc) is 2.76. The van der Waals surface area contributed by atoms with Crippen molar-refractivity contribution >= 4 is 24.2 Å². The van der Waals surface area contributed by atoms with Crippen molar-refractivity contribution in [3.05, 3.63) is 88.2 Å². The van der Waals surface area contributed by atoms with Gasteiger partial charge in [-0.25, -0.2) is 10.9 Å². The van der Waals surface area contributed by atoms with Crippen molar-refractivity contribution in [2.45, 2.75) is 13.8 Å². The number of phenols is 2. The monoisotopic (exact) mass is 431 g/mol. The normalized spacial score (nSPS) is 11.1. The number of hydrazone groups is 2. The van der Waals surface area contributed by atoms with Gasteiger partial charge in [-0.1, -0.05) is 24.3 Å². The molecule has 2 aromatic carbocycles. The van der Waals surface area contributed by atoms with Crippen LogP contribution >= 0.6 is 0 Å². The second-order valence-corrected chi connectivity index (χ2v) is 6.77. The van der Waals surface area contributed by atoms with Crippen molar-refractivity contribution in [1.82, 2.24) is 15.8 Å². The molecular weight excluding hydrogens is 410 g/mol. The molecule has 0 fully saturated rings. The predicted molar refractivity (Wildman–Crippen MR) is 120 cm³/mol. The summed E-state index contributed by atoms with van der Waals surface area (Å²) in [5.41, 5.74) is 6.78. The van der Waals surface area contributed by atoms with E-state index in [1.807, 2.05) is 0 Å². The van der Waals surface area contributed by atoms with Crippen LogP contribution in [-0.4, -0.2) is 39.4 Å². The van der Waals surface area contributed by atoms with E-state index in [1.54, 1.807) is 50.2 Å². The lowest BCUT2D eigenvalue weighted by molar-refractivity contribution is 0.0954. The van der Waals surface area contributed by atoms with Gasteiger partial charge in [0.1, 0.15) is 11.5 Å². The van der Waals surface area contributed by atoms with Gasteiger partial charge < -0.3 is 10.2 Å². The van der Waals surface area contributed by atoms with Gasteiger partial charge in [0.2, 0.25) is 0 Å². The third-order valence-electron chi connectivity index (χ3n) is 4.51. The van der Waals surface area contributed by atoms with E-state index in [9.17, 15) is 19.8 Å². The summed E-state index contributed by atoms with van der Waals surface area (Å²) in [6.07, 6.45) is 2.62. The third kappa shape index (κ3) is 5.33. The molecule has 0 aliphatic carbocycles. The Bertz CT molecular complexity index is 1130. The summed E-state index contributed by atoms with van der Waals surface area (Å²) >= 11 is 0. The van der Waals surface area contributed by atoms with E-state index in [2.05, 4.69) is 26.0 Å². The molecule has 1 heterocycles. The van der Waals surface area contributed by atoms with E-state index < -0.39 is 11.8 Å². The zero-order chi connectivity index (χ0) is 23.1. The van der Waals surface area contributed by atoms with Crippen molar-refractivity contribution < 1.29 is 19.8 Å². The van der Waals surface area contributed by atoms with E-state index in [0.717, 1.165) is 0 Å². The van der Waals surface area contributed by atoms with E-state index >= 15 is 0 Å². The molecule has 9 heteroatoms. The second kappa shape index (κ2) is 9.98. The molecule has 0 saturated carbocycles. The Morgan fingerprint density at radius 2 is 1.19 bits per heavy atom. The van der Waals surface area contributed by atoms with Gasteiger partial charge in [-0.2, -0.15) is 10.2 Å². The highest BCUT2D eigenvalue weighted by molar-refractivity contribution is 6.01. The Morgan fingerprint density at radius 1 is 0.781 bits per heavy atom. The fraction of sp³-hybridized carbons (Fsp3) is 0.0870. The number of rotatable bonds is 6. The van der Waals surface area contributed by atoms with Crippen LogP contribution in [0, 0.1) is 13.8 Å². The lowest BCUT2D eigenvalue weighted by Gasteiger charge is -2.09. The van der Waals surface area contributed by atoms with Crippen LogP contribution in [0.1, 0.15) is 43.2 Å². The number of aromatic nitrogens is 1. The van der Waals surface area contributed by atoms with Crippen molar-refractivity contribution in [2.24, 2.45) is 10.2 Å². The van der Waals surface area contributed by atoms with Gasteiger partial charge in [0.05, 0.1) is 34.9 Å².